The zero-order valence-corrected chi connectivity index (χ0v) is 14.9. The fourth-order valence-electron chi connectivity index (χ4n) is 3.23. The van der Waals surface area contributed by atoms with Crippen molar-refractivity contribution < 1.29 is 14.4 Å². The summed E-state index contributed by atoms with van der Waals surface area (Å²) in [5.74, 6) is -0.0139. The Bertz CT molecular complexity index is 654. The number of piperidine rings is 1. The number of likely N-dealkylation sites (tertiary alicyclic amines) is 1. The molecule has 7 heteroatoms. The van der Waals surface area contributed by atoms with Crippen molar-refractivity contribution in [2.24, 2.45) is 0 Å². The molecule has 0 saturated carbocycles. The summed E-state index contributed by atoms with van der Waals surface area (Å²) in [6.45, 7) is 2.83. The molecule has 0 aliphatic carbocycles. The number of carbonyl (C=O) groups excluding carboxylic acids is 3. The van der Waals surface area contributed by atoms with Crippen LogP contribution in [0.1, 0.15) is 29.6 Å². The van der Waals surface area contributed by atoms with E-state index in [9.17, 15) is 14.4 Å². The summed E-state index contributed by atoms with van der Waals surface area (Å²) in [6.07, 6.45) is 2.41. The summed E-state index contributed by atoms with van der Waals surface area (Å²) in [6, 6.07) is 6.82. The van der Waals surface area contributed by atoms with Gasteiger partial charge in [-0.2, -0.15) is 0 Å². The van der Waals surface area contributed by atoms with E-state index in [4.69, 9.17) is 11.6 Å². The Hall–Kier alpha value is -2.08. The first kappa shape index (κ1) is 17.7. The lowest BCUT2D eigenvalue weighted by Gasteiger charge is -2.36. The molecule has 0 bridgehead atoms. The third-order valence-corrected chi connectivity index (χ3v) is 5.01. The largest absolute Gasteiger partial charge is 0.338 e. The van der Waals surface area contributed by atoms with Gasteiger partial charge in [0, 0.05) is 49.7 Å². The summed E-state index contributed by atoms with van der Waals surface area (Å²) < 4.78 is 0. The molecule has 2 saturated heterocycles. The van der Waals surface area contributed by atoms with E-state index in [-0.39, 0.29) is 24.3 Å². The molecular formula is C18H22ClN3O3. The Morgan fingerprint density at radius 3 is 2.20 bits per heavy atom. The van der Waals surface area contributed by atoms with Crippen molar-refractivity contribution in [2.75, 3.05) is 39.3 Å². The second-order valence-corrected chi connectivity index (χ2v) is 6.89. The van der Waals surface area contributed by atoms with Gasteiger partial charge in [-0.3, -0.25) is 14.4 Å². The zero-order valence-electron chi connectivity index (χ0n) is 14.1. The van der Waals surface area contributed by atoms with Crippen LogP contribution in [0.2, 0.25) is 5.02 Å². The maximum atomic E-state index is 12.5. The highest BCUT2D eigenvalue weighted by atomic mass is 35.5. The van der Waals surface area contributed by atoms with Gasteiger partial charge in [0.2, 0.25) is 11.8 Å². The van der Waals surface area contributed by atoms with Crippen molar-refractivity contribution in [3.05, 3.63) is 34.9 Å². The van der Waals surface area contributed by atoms with Crippen LogP contribution in [0.5, 0.6) is 0 Å². The fourth-order valence-corrected chi connectivity index (χ4v) is 3.35. The highest BCUT2D eigenvalue weighted by Crippen LogP contribution is 2.14. The molecule has 0 unspecified atom stereocenters. The SMILES string of the molecule is O=C(CN1CCCCC1=O)N1CCN(C(=O)c2ccc(Cl)cc2)CC1. The number of carbonyl (C=O) groups is 3. The van der Waals surface area contributed by atoms with Gasteiger partial charge >= 0.3 is 0 Å². The van der Waals surface area contributed by atoms with Crippen LogP contribution in [0.15, 0.2) is 24.3 Å². The minimum absolute atomic E-state index is 0.0335. The van der Waals surface area contributed by atoms with E-state index in [1.54, 1.807) is 39.0 Å². The van der Waals surface area contributed by atoms with E-state index in [0.29, 0.717) is 49.7 Å². The summed E-state index contributed by atoms with van der Waals surface area (Å²) in [5, 5.41) is 0.597. The van der Waals surface area contributed by atoms with Gasteiger partial charge < -0.3 is 14.7 Å². The normalized spacial score (nSPS) is 18.4. The van der Waals surface area contributed by atoms with Crippen molar-refractivity contribution in [1.29, 1.82) is 0 Å². The van der Waals surface area contributed by atoms with Gasteiger partial charge in [0.25, 0.3) is 5.91 Å². The Labute approximate surface area is 152 Å². The van der Waals surface area contributed by atoms with Crippen LogP contribution in [-0.2, 0) is 9.59 Å². The first-order valence-electron chi connectivity index (χ1n) is 8.65. The third-order valence-electron chi connectivity index (χ3n) is 4.76. The number of nitrogens with zero attached hydrogens (tertiary/aromatic N) is 3. The molecule has 2 fully saturated rings. The summed E-state index contributed by atoms with van der Waals surface area (Å²) in [4.78, 5) is 41.9. The van der Waals surface area contributed by atoms with Crippen LogP contribution < -0.4 is 0 Å². The molecule has 6 nitrogen and oxygen atoms in total. The van der Waals surface area contributed by atoms with E-state index in [1.807, 2.05) is 0 Å². The van der Waals surface area contributed by atoms with Crippen LogP contribution in [0.4, 0.5) is 0 Å². The zero-order chi connectivity index (χ0) is 17.8. The van der Waals surface area contributed by atoms with Crippen LogP contribution in [0.3, 0.4) is 0 Å². The molecule has 0 radical (unpaired) electrons. The number of halogens is 1. The van der Waals surface area contributed by atoms with Gasteiger partial charge in [-0.25, -0.2) is 0 Å². The first-order chi connectivity index (χ1) is 12.0. The smallest absolute Gasteiger partial charge is 0.253 e. The van der Waals surface area contributed by atoms with E-state index in [2.05, 4.69) is 0 Å². The molecule has 134 valence electrons. The topological polar surface area (TPSA) is 60.9 Å². The lowest BCUT2D eigenvalue weighted by molar-refractivity contribution is -0.142. The molecule has 0 spiro atoms. The lowest BCUT2D eigenvalue weighted by Crippen LogP contribution is -2.53. The minimum Gasteiger partial charge on any atom is -0.338 e. The Morgan fingerprint density at radius 1 is 0.920 bits per heavy atom. The van der Waals surface area contributed by atoms with E-state index < -0.39 is 0 Å². The van der Waals surface area contributed by atoms with Crippen molar-refractivity contribution in [1.82, 2.24) is 14.7 Å². The Kier molecular flexibility index (Phi) is 5.58. The van der Waals surface area contributed by atoms with Crippen molar-refractivity contribution in [3.8, 4) is 0 Å². The van der Waals surface area contributed by atoms with Gasteiger partial charge in [-0.15, -0.1) is 0 Å². The van der Waals surface area contributed by atoms with Crippen molar-refractivity contribution >= 4 is 29.3 Å². The first-order valence-corrected chi connectivity index (χ1v) is 9.03. The maximum Gasteiger partial charge on any atom is 0.253 e. The van der Waals surface area contributed by atoms with Gasteiger partial charge in [-0.05, 0) is 37.1 Å². The predicted octanol–water partition coefficient (Wildman–Crippen LogP) is 1.64. The molecule has 1 aromatic rings. The number of hydrogen-bond acceptors (Lipinski definition) is 3. The molecule has 2 aliphatic heterocycles. The highest BCUT2D eigenvalue weighted by molar-refractivity contribution is 6.30. The molecular weight excluding hydrogens is 342 g/mol. The quantitative estimate of drug-likeness (QED) is 0.820. The van der Waals surface area contributed by atoms with Gasteiger partial charge in [0.15, 0.2) is 0 Å². The fraction of sp³-hybridized carbons (Fsp3) is 0.500. The number of piperazine rings is 1. The van der Waals surface area contributed by atoms with Crippen LogP contribution in [0, 0.1) is 0 Å². The Morgan fingerprint density at radius 2 is 1.56 bits per heavy atom. The average molecular weight is 364 g/mol. The molecule has 0 N–H and O–H groups in total. The number of benzene rings is 1. The summed E-state index contributed by atoms with van der Waals surface area (Å²) in [7, 11) is 0. The minimum atomic E-state index is -0.0463. The molecule has 25 heavy (non-hydrogen) atoms. The molecule has 3 amide bonds. The van der Waals surface area contributed by atoms with E-state index >= 15 is 0 Å². The van der Waals surface area contributed by atoms with Crippen molar-refractivity contribution in [3.63, 3.8) is 0 Å². The predicted molar refractivity (Wildman–Crippen MR) is 94.4 cm³/mol. The Balaban J connectivity index is 1.51. The standard InChI is InChI=1S/C18H22ClN3O3/c19-15-6-4-14(5-7-15)18(25)21-11-9-20(10-12-21)17(24)13-22-8-2-1-3-16(22)23/h4-7H,1-3,8-13H2. The van der Waals surface area contributed by atoms with Crippen LogP contribution >= 0.6 is 11.6 Å². The second kappa shape index (κ2) is 7.87. The maximum absolute atomic E-state index is 12.5. The second-order valence-electron chi connectivity index (χ2n) is 6.45. The van der Waals surface area contributed by atoms with E-state index in [0.717, 1.165) is 12.8 Å². The number of amides is 3. The summed E-state index contributed by atoms with van der Waals surface area (Å²) in [5.41, 5.74) is 0.600. The molecule has 3 rings (SSSR count). The van der Waals surface area contributed by atoms with Crippen LogP contribution in [0.25, 0.3) is 0 Å². The molecule has 2 aliphatic rings. The summed E-state index contributed by atoms with van der Waals surface area (Å²) >= 11 is 5.85. The van der Waals surface area contributed by atoms with E-state index in [1.165, 1.54) is 0 Å². The molecule has 2 heterocycles. The molecule has 0 aromatic heterocycles. The third kappa shape index (κ3) is 4.31. The molecule has 0 atom stereocenters. The monoisotopic (exact) mass is 363 g/mol. The highest BCUT2D eigenvalue weighted by Gasteiger charge is 2.27. The van der Waals surface area contributed by atoms with Gasteiger partial charge in [0.05, 0.1) is 6.54 Å². The average Bonchev–Trinajstić information content (AvgIpc) is 2.64. The van der Waals surface area contributed by atoms with Crippen molar-refractivity contribution in [2.45, 2.75) is 19.3 Å². The van der Waals surface area contributed by atoms with Gasteiger partial charge in [-0.1, -0.05) is 11.6 Å². The number of hydrogen-bond donors (Lipinski definition) is 0. The van der Waals surface area contributed by atoms with Gasteiger partial charge in [0.1, 0.15) is 0 Å². The van der Waals surface area contributed by atoms with Crippen LogP contribution in [-0.4, -0.2) is 71.7 Å². The molecule has 1 aromatic carbocycles. The number of rotatable bonds is 3. The lowest BCUT2D eigenvalue weighted by atomic mass is 10.1.